The Labute approximate surface area is 163 Å². The van der Waals surface area contributed by atoms with E-state index < -0.39 is 5.97 Å². The van der Waals surface area contributed by atoms with E-state index in [4.69, 9.17) is 14.0 Å². The molecular weight excluding hydrogens is 358 g/mol. The molecule has 6 heteroatoms. The molecule has 1 aromatic heterocycles. The average molecular weight is 379 g/mol. The molecule has 0 bridgehead atoms. The highest BCUT2D eigenvalue weighted by molar-refractivity contribution is 5.97. The Hall–Kier alpha value is -3.41. The van der Waals surface area contributed by atoms with Crippen LogP contribution in [0.3, 0.4) is 0 Å². The summed E-state index contributed by atoms with van der Waals surface area (Å²) in [5.74, 6) is 0.745. The summed E-state index contributed by atoms with van der Waals surface area (Å²) in [6.45, 7) is 2.47. The maximum absolute atomic E-state index is 12.2. The third kappa shape index (κ3) is 5.30. The molecule has 0 saturated carbocycles. The van der Waals surface area contributed by atoms with Crippen LogP contribution in [0.15, 0.2) is 65.2 Å². The molecule has 0 unspecified atom stereocenters. The van der Waals surface area contributed by atoms with Gasteiger partial charge in [-0.1, -0.05) is 35.5 Å². The molecule has 0 atom stereocenters. The molecule has 144 valence electrons. The number of Topliss-reactive ketones (excluding diaryl/α,β-unsaturated/α-hetero) is 1. The molecule has 0 aliphatic carbocycles. The largest absolute Gasteiger partial charge is 0.494 e. The number of esters is 1. The van der Waals surface area contributed by atoms with Crippen molar-refractivity contribution in [2.24, 2.45) is 0 Å². The van der Waals surface area contributed by atoms with Gasteiger partial charge in [0.15, 0.2) is 11.5 Å². The fourth-order valence-corrected chi connectivity index (χ4v) is 2.61. The van der Waals surface area contributed by atoms with Gasteiger partial charge in [-0.3, -0.25) is 9.59 Å². The minimum absolute atomic E-state index is 0.00636. The van der Waals surface area contributed by atoms with Gasteiger partial charge in [-0.25, -0.2) is 0 Å². The molecule has 6 nitrogen and oxygen atoms in total. The maximum Gasteiger partial charge on any atom is 0.306 e. The second kappa shape index (κ2) is 9.50. The van der Waals surface area contributed by atoms with Crippen molar-refractivity contribution in [3.63, 3.8) is 0 Å². The minimum atomic E-state index is -0.455. The fourth-order valence-electron chi connectivity index (χ4n) is 2.61. The zero-order valence-corrected chi connectivity index (χ0v) is 15.6. The molecule has 2 aromatic carbocycles. The maximum atomic E-state index is 12.2. The van der Waals surface area contributed by atoms with Crippen molar-refractivity contribution in [3.8, 4) is 17.1 Å². The van der Waals surface area contributed by atoms with Crippen molar-refractivity contribution >= 4 is 11.8 Å². The summed E-state index contributed by atoms with van der Waals surface area (Å²) in [7, 11) is 0. The van der Waals surface area contributed by atoms with E-state index in [1.165, 1.54) is 0 Å². The predicted octanol–water partition coefficient (Wildman–Crippen LogP) is 4.45. The SMILES string of the molecule is CCOc1ccc(C(=O)CCC(=O)OCc2cc(-c3ccccc3)on2)cc1. The molecule has 0 aliphatic rings. The number of benzene rings is 2. The van der Waals surface area contributed by atoms with Crippen LogP contribution < -0.4 is 4.74 Å². The monoisotopic (exact) mass is 379 g/mol. The molecule has 0 N–H and O–H groups in total. The van der Waals surface area contributed by atoms with Crippen molar-refractivity contribution < 1.29 is 23.6 Å². The van der Waals surface area contributed by atoms with Crippen molar-refractivity contribution in [2.75, 3.05) is 6.61 Å². The quantitative estimate of drug-likeness (QED) is 0.404. The summed E-state index contributed by atoms with van der Waals surface area (Å²) >= 11 is 0. The van der Waals surface area contributed by atoms with Crippen molar-refractivity contribution in [1.29, 1.82) is 0 Å². The standard InChI is InChI=1S/C22H21NO5/c1-2-26-19-10-8-16(9-11-19)20(24)12-13-22(25)27-15-18-14-21(28-23-18)17-6-4-3-5-7-17/h3-11,14H,2,12-13,15H2,1H3. The normalized spacial score (nSPS) is 10.5. The smallest absolute Gasteiger partial charge is 0.306 e. The molecule has 1 heterocycles. The highest BCUT2D eigenvalue weighted by atomic mass is 16.5. The number of aromatic nitrogens is 1. The first kappa shape index (κ1) is 19.4. The van der Waals surface area contributed by atoms with E-state index in [-0.39, 0.29) is 25.2 Å². The second-order valence-electron chi connectivity index (χ2n) is 6.09. The fraction of sp³-hybridized carbons (Fsp3) is 0.227. The number of hydrogen-bond donors (Lipinski definition) is 0. The summed E-state index contributed by atoms with van der Waals surface area (Å²) in [6, 6.07) is 18.1. The third-order valence-electron chi connectivity index (χ3n) is 4.04. The van der Waals surface area contributed by atoms with Gasteiger partial charge in [-0.15, -0.1) is 0 Å². The first-order chi connectivity index (χ1) is 13.7. The minimum Gasteiger partial charge on any atom is -0.494 e. The molecule has 3 rings (SSSR count). The molecule has 0 amide bonds. The Morgan fingerprint density at radius 3 is 2.46 bits per heavy atom. The van der Waals surface area contributed by atoms with Gasteiger partial charge in [0.25, 0.3) is 0 Å². The molecule has 0 radical (unpaired) electrons. The van der Waals surface area contributed by atoms with Gasteiger partial charge in [0, 0.05) is 23.6 Å². The van der Waals surface area contributed by atoms with E-state index in [2.05, 4.69) is 5.16 Å². The summed E-state index contributed by atoms with van der Waals surface area (Å²) in [5, 5.41) is 3.90. The molecule has 0 saturated heterocycles. The van der Waals surface area contributed by atoms with Crippen LogP contribution in [0.4, 0.5) is 0 Å². The number of ketones is 1. The summed E-state index contributed by atoms with van der Waals surface area (Å²) in [5.41, 5.74) is 1.96. The summed E-state index contributed by atoms with van der Waals surface area (Å²) in [6.07, 6.45) is 0.0936. The number of carbonyl (C=O) groups excluding carboxylic acids is 2. The van der Waals surface area contributed by atoms with Gasteiger partial charge in [-0.05, 0) is 31.2 Å². The van der Waals surface area contributed by atoms with Gasteiger partial charge < -0.3 is 14.0 Å². The van der Waals surface area contributed by atoms with Crippen molar-refractivity contribution in [3.05, 3.63) is 71.9 Å². The number of nitrogens with zero attached hydrogens (tertiary/aromatic N) is 1. The van der Waals surface area contributed by atoms with Gasteiger partial charge >= 0.3 is 5.97 Å². The lowest BCUT2D eigenvalue weighted by molar-refractivity contribution is -0.145. The van der Waals surface area contributed by atoms with Crippen LogP contribution in [0.5, 0.6) is 5.75 Å². The van der Waals surface area contributed by atoms with E-state index in [1.54, 1.807) is 30.3 Å². The number of ether oxygens (including phenoxy) is 2. The van der Waals surface area contributed by atoms with E-state index >= 15 is 0 Å². The lowest BCUT2D eigenvalue weighted by Crippen LogP contribution is -2.08. The number of hydrogen-bond acceptors (Lipinski definition) is 6. The lowest BCUT2D eigenvalue weighted by Gasteiger charge is -2.05. The Kier molecular flexibility index (Phi) is 6.57. The lowest BCUT2D eigenvalue weighted by atomic mass is 10.1. The predicted molar refractivity (Wildman–Crippen MR) is 103 cm³/mol. The summed E-state index contributed by atoms with van der Waals surface area (Å²) < 4.78 is 15.8. The average Bonchev–Trinajstić information content (AvgIpc) is 3.21. The third-order valence-corrected chi connectivity index (χ3v) is 4.04. The molecule has 0 fully saturated rings. The van der Waals surface area contributed by atoms with Crippen molar-refractivity contribution in [2.45, 2.75) is 26.4 Å². The van der Waals surface area contributed by atoms with Crippen molar-refractivity contribution in [1.82, 2.24) is 5.16 Å². The highest BCUT2D eigenvalue weighted by Gasteiger charge is 2.12. The van der Waals surface area contributed by atoms with Gasteiger partial charge in [0.1, 0.15) is 18.1 Å². The zero-order valence-electron chi connectivity index (χ0n) is 15.6. The number of rotatable bonds is 9. The van der Waals surface area contributed by atoms with Crippen LogP contribution >= 0.6 is 0 Å². The van der Waals surface area contributed by atoms with Gasteiger partial charge in [-0.2, -0.15) is 0 Å². The van der Waals surface area contributed by atoms with Gasteiger partial charge in [0.2, 0.25) is 0 Å². The Balaban J connectivity index is 1.44. The topological polar surface area (TPSA) is 78.6 Å². The molecule has 0 aliphatic heterocycles. The van der Waals surface area contributed by atoms with E-state index in [0.717, 1.165) is 5.56 Å². The van der Waals surface area contributed by atoms with Crippen LogP contribution in [0, 0.1) is 0 Å². The summed E-state index contributed by atoms with van der Waals surface area (Å²) in [4.78, 5) is 24.1. The van der Waals surface area contributed by atoms with Crippen LogP contribution in [-0.4, -0.2) is 23.5 Å². The Morgan fingerprint density at radius 2 is 1.75 bits per heavy atom. The Bertz CT molecular complexity index is 916. The van der Waals surface area contributed by atoms with Crippen LogP contribution in [0.25, 0.3) is 11.3 Å². The molecule has 3 aromatic rings. The highest BCUT2D eigenvalue weighted by Crippen LogP contribution is 2.20. The number of carbonyl (C=O) groups is 2. The van der Waals surface area contributed by atoms with E-state index in [9.17, 15) is 9.59 Å². The van der Waals surface area contributed by atoms with Crippen LogP contribution in [-0.2, 0) is 16.1 Å². The Morgan fingerprint density at radius 1 is 1.00 bits per heavy atom. The van der Waals surface area contributed by atoms with E-state index in [0.29, 0.717) is 29.4 Å². The molecular formula is C22H21NO5. The zero-order chi connectivity index (χ0) is 19.8. The van der Waals surface area contributed by atoms with Gasteiger partial charge in [0.05, 0.1) is 13.0 Å². The van der Waals surface area contributed by atoms with Crippen LogP contribution in [0.2, 0.25) is 0 Å². The second-order valence-corrected chi connectivity index (χ2v) is 6.09. The van der Waals surface area contributed by atoms with Crippen LogP contribution in [0.1, 0.15) is 35.8 Å². The first-order valence-electron chi connectivity index (χ1n) is 9.08. The molecule has 0 spiro atoms. The first-order valence-corrected chi connectivity index (χ1v) is 9.08. The molecule has 28 heavy (non-hydrogen) atoms. The van der Waals surface area contributed by atoms with E-state index in [1.807, 2.05) is 37.3 Å².